The van der Waals surface area contributed by atoms with Gasteiger partial charge in [0.15, 0.2) is 0 Å². The van der Waals surface area contributed by atoms with Crippen LogP contribution in [0.1, 0.15) is 17.8 Å². The monoisotopic (exact) mass is 236 g/mol. The van der Waals surface area contributed by atoms with Crippen LogP contribution in [0.25, 0.3) is 0 Å². The maximum absolute atomic E-state index is 11.1. The number of carbonyl (C=O) groups is 1. The normalized spacial score (nSPS) is 24.1. The number of carboxylic acids is 1. The summed E-state index contributed by atoms with van der Waals surface area (Å²) in [5.41, 5.74) is 6.27. The smallest absolute Gasteiger partial charge is 0.325 e. The lowest BCUT2D eigenvalue weighted by Gasteiger charge is -2.21. The molecule has 1 aromatic rings. The van der Waals surface area contributed by atoms with Crippen molar-refractivity contribution in [1.29, 1.82) is 0 Å². The molecule has 1 aliphatic rings. The average Bonchev–Trinajstić information content (AvgIpc) is 2.66. The molecule has 6 heteroatoms. The van der Waals surface area contributed by atoms with E-state index in [0.717, 1.165) is 17.2 Å². The van der Waals surface area contributed by atoms with Gasteiger partial charge >= 0.3 is 5.97 Å². The molecule has 1 aromatic heterocycles. The van der Waals surface area contributed by atoms with E-state index in [1.165, 1.54) is 0 Å². The van der Waals surface area contributed by atoms with Crippen LogP contribution in [-0.2, 0) is 4.79 Å². The van der Waals surface area contributed by atoms with Gasteiger partial charge in [0, 0.05) is 19.3 Å². The topological polar surface area (TPSA) is 92.3 Å². The highest BCUT2D eigenvalue weighted by Crippen LogP contribution is 2.25. The number of aromatic nitrogens is 2. The van der Waals surface area contributed by atoms with Crippen LogP contribution in [0, 0.1) is 13.8 Å². The number of anilines is 1. The van der Waals surface area contributed by atoms with Crippen molar-refractivity contribution in [2.24, 2.45) is 5.73 Å². The fraction of sp³-hybridized carbons (Fsp3) is 0.545. The van der Waals surface area contributed by atoms with Crippen molar-refractivity contribution in [3.8, 4) is 0 Å². The molecule has 3 N–H and O–H groups in total. The summed E-state index contributed by atoms with van der Waals surface area (Å²) in [7, 11) is 0. The molecule has 0 radical (unpaired) electrons. The Kier molecular flexibility index (Phi) is 2.74. The molecule has 0 spiro atoms. The molecule has 17 heavy (non-hydrogen) atoms. The number of hydrogen-bond acceptors (Lipinski definition) is 5. The first kappa shape index (κ1) is 11.8. The number of aliphatic carboxylic acids is 1. The van der Waals surface area contributed by atoms with E-state index in [1.807, 2.05) is 18.7 Å². The molecule has 2 heterocycles. The van der Waals surface area contributed by atoms with Gasteiger partial charge in [0.1, 0.15) is 11.4 Å². The molecule has 92 valence electrons. The van der Waals surface area contributed by atoms with Crippen LogP contribution in [0.3, 0.4) is 0 Å². The van der Waals surface area contributed by atoms with Crippen LogP contribution in [0.4, 0.5) is 5.82 Å². The third kappa shape index (κ3) is 2.08. The Morgan fingerprint density at radius 2 is 2.29 bits per heavy atom. The van der Waals surface area contributed by atoms with Crippen molar-refractivity contribution >= 4 is 11.8 Å². The maximum atomic E-state index is 11.1. The fourth-order valence-corrected chi connectivity index (χ4v) is 2.01. The zero-order chi connectivity index (χ0) is 12.6. The molecule has 6 nitrogen and oxygen atoms in total. The number of carboxylic acid groups (broad SMARTS) is 1. The molecule has 1 unspecified atom stereocenters. The molecule has 0 saturated carbocycles. The number of hydrogen-bond donors (Lipinski definition) is 2. The van der Waals surface area contributed by atoms with E-state index < -0.39 is 11.5 Å². The van der Waals surface area contributed by atoms with Crippen LogP contribution >= 0.6 is 0 Å². The molecular weight excluding hydrogens is 220 g/mol. The highest BCUT2D eigenvalue weighted by atomic mass is 16.4. The van der Waals surface area contributed by atoms with Gasteiger partial charge < -0.3 is 15.7 Å². The number of rotatable bonds is 2. The number of aryl methyl sites for hydroxylation is 2. The number of nitrogens with zero attached hydrogens (tertiary/aromatic N) is 3. The Morgan fingerprint density at radius 3 is 2.88 bits per heavy atom. The van der Waals surface area contributed by atoms with Gasteiger partial charge in [-0.3, -0.25) is 9.78 Å². The zero-order valence-electron chi connectivity index (χ0n) is 9.97. The van der Waals surface area contributed by atoms with Crippen molar-refractivity contribution in [2.45, 2.75) is 25.8 Å². The largest absolute Gasteiger partial charge is 0.480 e. The van der Waals surface area contributed by atoms with E-state index in [2.05, 4.69) is 9.97 Å². The van der Waals surface area contributed by atoms with E-state index in [4.69, 9.17) is 10.8 Å². The van der Waals surface area contributed by atoms with Crippen molar-refractivity contribution in [3.05, 3.63) is 17.6 Å². The van der Waals surface area contributed by atoms with Crippen molar-refractivity contribution in [3.63, 3.8) is 0 Å². The highest BCUT2D eigenvalue weighted by molar-refractivity contribution is 5.80. The number of nitrogens with two attached hydrogens (primary N) is 1. The van der Waals surface area contributed by atoms with Crippen LogP contribution in [0.2, 0.25) is 0 Å². The molecule has 1 atom stereocenters. The van der Waals surface area contributed by atoms with Gasteiger partial charge in [0.2, 0.25) is 0 Å². The second kappa shape index (κ2) is 3.96. The minimum atomic E-state index is -1.17. The van der Waals surface area contributed by atoms with Gasteiger partial charge in [-0.25, -0.2) is 4.98 Å². The summed E-state index contributed by atoms with van der Waals surface area (Å²) in [4.78, 5) is 21.6. The Labute approximate surface area is 99.5 Å². The lowest BCUT2D eigenvalue weighted by Crippen LogP contribution is -2.50. The Bertz CT molecular complexity index is 463. The Hall–Kier alpha value is -1.69. The van der Waals surface area contributed by atoms with Gasteiger partial charge in [-0.2, -0.15) is 0 Å². The third-order valence-electron chi connectivity index (χ3n) is 3.08. The van der Waals surface area contributed by atoms with Crippen molar-refractivity contribution in [1.82, 2.24) is 9.97 Å². The quantitative estimate of drug-likeness (QED) is 0.755. The molecule has 2 rings (SSSR count). The SMILES string of the molecule is Cc1cnc(C)c(N2CCC(N)(C(=O)O)C2)n1. The molecule has 1 saturated heterocycles. The predicted molar refractivity (Wildman–Crippen MR) is 62.9 cm³/mol. The first-order valence-electron chi connectivity index (χ1n) is 5.50. The standard InChI is InChI=1S/C11H16N4O2/c1-7-5-13-8(2)9(14-7)15-4-3-11(12,6-15)10(16)17/h5H,3-4,6,12H2,1-2H3,(H,16,17). The van der Waals surface area contributed by atoms with Gasteiger partial charge in [0.25, 0.3) is 0 Å². The van der Waals surface area contributed by atoms with E-state index in [-0.39, 0.29) is 6.54 Å². The van der Waals surface area contributed by atoms with Crippen LogP contribution in [0.15, 0.2) is 6.20 Å². The van der Waals surface area contributed by atoms with Crippen molar-refractivity contribution < 1.29 is 9.90 Å². The summed E-state index contributed by atoms with van der Waals surface area (Å²) < 4.78 is 0. The Balaban J connectivity index is 2.26. The molecular formula is C11H16N4O2. The summed E-state index contributed by atoms with van der Waals surface area (Å²) in [6.07, 6.45) is 2.12. The summed E-state index contributed by atoms with van der Waals surface area (Å²) in [6.45, 7) is 4.60. The predicted octanol–water partition coefficient (Wildman–Crippen LogP) is 0.0856. The minimum absolute atomic E-state index is 0.279. The summed E-state index contributed by atoms with van der Waals surface area (Å²) in [5.74, 6) is -0.225. The third-order valence-corrected chi connectivity index (χ3v) is 3.08. The van der Waals surface area contributed by atoms with Gasteiger partial charge in [0.05, 0.1) is 11.4 Å². The van der Waals surface area contributed by atoms with Gasteiger partial charge in [-0.05, 0) is 20.3 Å². The fourth-order valence-electron chi connectivity index (χ4n) is 2.01. The maximum Gasteiger partial charge on any atom is 0.325 e. The van der Waals surface area contributed by atoms with Gasteiger partial charge in [-0.1, -0.05) is 0 Å². The van der Waals surface area contributed by atoms with E-state index in [1.54, 1.807) is 6.20 Å². The summed E-state index contributed by atoms with van der Waals surface area (Å²) in [6, 6.07) is 0. The molecule has 1 aliphatic heterocycles. The first-order chi connectivity index (χ1) is 7.92. The lowest BCUT2D eigenvalue weighted by molar-refractivity contribution is -0.142. The van der Waals surface area contributed by atoms with E-state index in [0.29, 0.717) is 13.0 Å². The van der Waals surface area contributed by atoms with Crippen LogP contribution < -0.4 is 10.6 Å². The molecule has 1 fully saturated rings. The van der Waals surface area contributed by atoms with Crippen molar-refractivity contribution in [2.75, 3.05) is 18.0 Å². The highest BCUT2D eigenvalue weighted by Gasteiger charge is 2.42. The van der Waals surface area contributed by atoms with Crippen LogP contribution in [-0.4, -0.2) is 39.7 Å². The van der Waals surface area contributed by atoms with Gasteiger partial charge in [-0.15, -0.1) is 0 Å². The second-order valence-corrected chi connectivity index (χ2v) is 4.55. The second-order valence-electron chi connectivity index (χ2n) is 4.55. The van der Waals surface area contributed by atoms with E-state index in [9.17, 15) is 4.79 Å². The molecule has 0 amide bonds. The summed E-state index contributed by atoms with van der Waals surface area (Å²) >= 11 is 0. The average molecular weight is 236 g/mol. The molecule has 0 bridgehead atoms. The first-order valence-corrected chi connectivity index (χ1v) is 5.50. The van der Waals surface area contributed by atoms with Crippen LogP contribution in [0.5, 0.6) is 0 Å². The minimum Gasteiger partial charge on any atom is -0.480 e. The summed E-state index contributed by atoms with van der Waals surface area (Å²) in [5, 5.41) is 9.07. The molecule has 0 aromatic carbocycles. The molecule has 0 aliphatic carbocycles. The zero-order valence-corrected chi connectivity index (χ0v) is 9.97. The van der Waals surface area contributed by atoms with E-state index >= 15 is 0 Å². The lowest BCUT2D eigenvalue weighted by atomic mass is 10.0. The Morgan fingerprint density at radius 1 is 1.59 bits per heavy atom.